The summed E-state index contributed by atoms with van der Waals surface area (Å²) in [7, 11) is 0. The van der Waals surface area contributed by atoms with Crippen molar-refractivity contribution in [2.24, 2.45) is 0 Å². The molecule has 3 aromatic rings. The second-order valence-electron chi connectivity index (χ2n) is 4.96. The molecule has 0 saturated carbocycles. The highest BCUT2D eigenvalue weighted by atomic mass is 35.5. The first kappa shape index (κ1) is 14.7. The van der Waals surface area contributed by atoms with E-state index in [1.807, 2.05) is 42.7 Å². The second kappa shape index (κ2) is 5.53. The third kappa shape index (κ3) is 2.52. The van der Waals surface area contributed by atoms with Crippen molar-refractivity contribution in [2.75, 3.05) is 0 Å². The molecular weight excluding hydrogens is 327 g/mol. The molecule has 3 rings (SSSR count). The topological polar surface area (TPSA) is 17.8 Å². The molecule has 0 aliphatic heterocycles. The Morgan fingerprint density at radius 3 is 2.62 bits per heavy atom. The number of para-hydroxylation sites is 1. The Bertz CT molecular complexity index is 822. The first-order valence-corrected chi connectivity index (χ1v) is 7.75. The first-order chi connectivity index (χ1) is 9.99. The highest BCUT2D eigenvalue weighted by Crippen LogP contribution is 2.33. The Morgan fingerprint density at radius 2 is 1.90 bits per heavy atom. The molecule has 0 bridgehead atoms. The molecule has 2 aromatic carbocycles. The first-order valence-electron chi connectivity index (χ1n) is 6.56. The van der Waals surface area contributed by atoms with Crippen LogP contribution in [-0.4, -0.2) is 9.55 Å². The monoisotopic (exact) mass is 338 g/mol. The number of aromatic nitrogens is 2. The summed E-state index contributed by atoms with van der Waals surface area (Å²) in [5, 5.41) is 0.991. The minimum absolute atomic E-state index is 0.244. The van der Waals surface area contributed by atoms with Crippen LogP contribution < -0.4 is 0 Å². The van der Waals surface area contributed by atoms with Gasteiger partial charge in [-0.1, -0.05) is 35.3 Å². The number of hydrogen-bond donors (Lipinski definition) is 0. The van der Waals surface area contributed by atoms with Gasteiger partial charge in [-0.2, -0.15) is 0 Å². The van der Waals surface area contributed by atoms with Crippen LogP contribution in [0.2, 0.25) is 10.0 Å². The lowest BCUT2D eigenvalue weighted by Gasteiger charge is -2.13. The lowest BCUT2D eigenvalue weighted by molar-refractivity contribution is 0.881. The van der Waals surface area contributed by atoms with Gasteiger partial charge in [-0.15, -0.1) is 11.6 Å². The molecule has 0 saturated heterocycles. The molecule has 0 fully saturated rings. The second-order valence-corrected chi connectivity index (χ2v) is 6.46. The number of imidazole rings is 1. The van der Waals surface area contributed by atoms with E-state index in [4.69, 9.17) is 34.8 Å². The third-order valence-corrected chi connectivity index (χ3v) is 4.16. The Morgan fingerprint density at radius 1 is 1.14 bits per heavy atom. The van der Waals surface area contributed by atoms with E-state index in [1.165, 1.54) is 0 Å². The van der Waals surface area contributed by atoms with Crippen molar-refractivity contribution in [1.82, 2.24) is 9.55 Å². The van der Waals surface area contributed by atoms with Gasteiger partial charge in [0.2, 0.25) is 0 Å². The van der Waals surface area contributed by atoms with E-state index in [0.29, 0.717) is 10.0 Å². The quantitative estimate of drug-likeness (QED) is 0.528. The van der Waals surface area contributed by atoms with Crippen LogP contribution in [0.5, 0.6) is 0 Å². The van der Waals surface area contributed by atoms with Crippen molar-refractivity contribution < 1.29 is 0 Å². The molecule has 0 spiro atoms. The summed E-state index contributed by atoms with van der Waals surface area (Å²) in [5.74, 6) is 0.755. The highest BCUT2D eigenvalue weighted by molar-refractivity contribution is 6.34. The van der Waals surface area contributed by atoms with E-state index >= 15 is 0 Å². The fourth-order valence-electron chi connectivity index (χ4n) is 2.48. The normalized spacial score (nSPS) is 12.8. The molecule has 5 heteroatoms. The highest BCUT2D eigenvalue weighted by Gasteiger charge is 2.19. The van der Waals surface area contributed by atoms with E-state index in [9.17, 15) is 0 Å². The Balaban J connectivity index is 2.44. The Kier molecular flexibility index (Phi) is 3.87. The summed E-state index contributed by atoms with van der Waals surface area (Å²) in [4.78, 5) is 4.65. The maximum absolute atomic E-state index is 6.37. The molecule has 0 amide bonds. The molecule has 1 aromatic heterocycles. The number of alkyl halides is 1. The molecule has 2 nitrogen and oxygen atoms in total. The van der Waals surface area contributed by atoms with Crippen molar-refractivity contribution in [3.05, 3.63) is 57.8 Å². The van der Waals surface area contributed by atoms with Gasteiger partial charge in [-0.05, 0) is 43.7 Å². The zero-order valence-electron chi connectivity index (χ0n) is 11.6. The maximum atomic E-state index is 6.37. The van der Waals surface area contributed by atoms with E-state index in [-0.39, 0.29) is 5.38 Å². The summed E-state index contributed by atoms with van der Waals surface area (Å²) in [6, 6.07) is 11.4. The van der Waals surface area contributed by atoms with E-state index in [0.717, 1.165) is 28.1 Å². The van der Waals surface area contributed by atoms with Gasteiger partial charge in [0.05, 0.1) is 27.1 Å². The lowest BCUT2D eigenvalue weighted by atomic mass is 10.2. The van der Waals surface area contributed by atoms with Crippen molar-refractivity contribution in [1.29, 1.82) is 0 Å². The zero-order valence-corrected chi connectivity index (χ0v) is 13.8. The standard InChI is InChI=1S/C16H13Cl3N2/c1-9-4-3-5-13-15(9)21(16(20-13)10(2)17)14-8-11(18)6-7-12(14)19/h3-8,10H,1-2H3. The van der Waals surface area contributed by atoms with Gasteiger partial charge in [0.25, 0.3) is 0 Å². The van der Waals surface area contributed by atoms with Gasteiger partial charge in [-0.25, -0.2) is 4.98 Å². The summed E-state index contributed by atoms with van der Waals surface area (Å²) in [6.07, 6.45) is 0. The number of nitrogens with zero attached hydrogens (tertiary/aromatic N) is 2. The molecule has 0 N–H and O–H groups in total. The van der Waals surface area contributed by atoms with Gasteiger partial charge in [0.1, 0.15) is 5.82 Å². The fourth-order valence-corrected chi connectivity index (χ4v) is 3.00. The fraction of sp³-hybridized carbons (Fsp3) is 0.188. The molecule has 108 valence electrons. The predicted molar refractivity (Wildman–Crippen MR) is 90.1 cm³/mol. The average molecular weight is 340 g/mol. The molecule has 21 heavy (non-hydrogen) atoms. The molecule has 1 unspecified atom stereocenters. The smallest absolute Gasteiger partial charge is 0.132 e. The van der Waals surface area contributed by atoms with Crippen LogP contribution in [0.1, 0.15) is 23.7 Å². The van der Waals surface area contributed by atoms with Crippen LogP contribution in [-0.2, 0) is 0 Å². The van der Waals surface area contributed by atoms with Crippen molar-refractivity contribution >= 4 is 45.8 Å². The molecule has 1 heterocycles. The van der Waals surface area contributed by atoms with Crippen LogP contribution in [0, 0.1) is 6.92 Å². The van der Waals surface area contributed by atoms with Gasteiger partial charge < -0.3 is 0 Å². The number of benzene rings is 2. The molecule has 1 atom stereocenters. The average Bonchev–Trinajstić information content (AvgIpc) is 2.82. The van der Waals surface area contributed by atoms with Gasteiger partial charge >= 0.3 is 0 Å². The third-order valence-electron chi connectivity index (χ3n) is 3.41. The Hall–Kier alpha value is -1.22. The summed E-state index contributed by atoms with van der Waals surface area (Å²) in [5.41, 5.74) is 3.81. The van der Waals surface area contributed by atoms with Crippen LogP contribution in [0.25, 0.3) is 16.7 Å². The summed E-state index contributed by atoms with van der Waals surface area (Å²) >= 11 is 18.8. The maximum Gasteiger partial charge on any atom is 0.132 e. The van der Waals surface area contributed by atoms with E-state index in [1.54, 1.807) is 12.1 Å². The van der Waals surface area contributed by atoms with Crippen LogP contribution >= 0.6 is 34.8 Å². The van der Waals surface area contributed by atoms with E-state index < -0.39 is 0 Å². The van der Waals surface area contributed by atoms with Gasteiger partial charge in [-0.3, -0.25) is 4.57 Å². The van der Waals surface area contributed by atoms with Crippen LogP contribution in [0.15, 0.2) is 36.4 Å². The van der Waals surface area contributed by atoms with Crippen molar-refractivity contribution in [2.45, 2.75) is 19.2 Å². The molecule has 0 aliphatic rings. The number of halogens is 3. The van der Waals surface area contributed by atoms with Crippen LogP contribution in [0.3, 0.4) is 0 Å². The minimum Gasteiger partial charge on any atom is -0.293 e. The zero-order chi connectivity index (χ0) is 15.1. The summed E-state index contributed by atoms with van der Waals surface area (Å²) < 4.78 is 2.00. The van der Waals surface area contributed by atoms with E-state index in [2.05, 4.69) is 4.98 Å². The Labute approximate surface area is 138 Å². The molecular formula is C16H13Cl3N2. The largest absolute Gasteiger partial charge is 0.293 e. The van der Waals surface area contributed by atoms with Crippen molar-refractivity contribution in [3.8, 4) is 5.69 Å². The number of hydrogen-bond acceptors (Lipinski definition) is 1. The number of fused-ring (bicyclic) bond motifs is 1. The number of rotatable bonds is 2. The van der Waals surface area contributed by atoms with Crippen LogP contribution in [0.4, 0.5) is 0 Å². The number of aryl methyl sites for hydroxylation is 1. The predicted octanol–water partition coefficient (Wildman–Crippen LogP) is 5.94. The van der Waals surface area contributed by atoms with Crippen molar-refractivity contribution in [3.63, 3.8) is 0 Å². The minimum atomic E-state index is -0.244. The SMILES string of the molecule is Cc1cccc2nc(C(C)Cl)n(-c3cc(Cl)ccc3Cl)c12. The lowest BCUT2D eigenvalue weighted by Crippen LogP contribution is -2.03. The molecule has 0 radical (unpaired) electrons. The summed E-state index contributed by atoms with van der Waals surface area (Å²) in [6.45, 7) is 3.94. The van der Waals surface area contributed by atoms with Gasteiger partial charge in [0.15, 0.2) is 0 Å². The van der Waals surface area contributed by atoms with Gasteiger partial charge in [0, 0.05) is 5.02 Å². The molecule has 0 aliphatic carbocycles.